The van der Waals surface area contributed by atoms with E-state index in [1.807, 2.05) is 6.07 Å². The van der Waals surface area contributed by atoms with Gasteiger partial charge >= 0.3 is 5.97 Å². The SMILES string of the molecule is CCOC(=O)c1ccc(NC(=O)CSCc2cccc(C)c2)cc1. The van der Waals surface area contributed by atoms with Gasteiger partial charge in [0.15, 0.2) is 0 Å². The largest absolute Gasteiger partial charge is 0.462 e. The highest BCUT2D eigenvalue weighted by Gasteiger charge is 2.07. The first kappa shape index (κ1) is 18.1. The number of esters is 1. The molecule has 1 N–H and O–H groups in total. The molecule has 24 heavy (non-hydrogen) atoms. The van der Waals surface area contributed by atoms with Crippen molar-refractivity contribution in [2.45, 2.75) is 19.6 Å². The quantitative estimate of drug-likeness (QED) is 0.771. The van der Waals surface area contributed by atoms with Crippen LogP contribution in [-0.2, 0) is 15.3 Å². The number of thioether (sulfide) groups is 1. The first-order valence-electron chi connectivity index (χ1n) is 7.79. The fourth-order valence-corrected chi connectivity index (χ4v) is 2.94. The van der Waals surface area contributed by atoms with Crippen LogP contribution in [0.15, 0.2) is 48.5 Å². The molecule has 0 unspecified atom stereocenters. The molecule has 4 nitrogen and oxygen atoms in total. The zero-order chi connectivity index (χ0) is 17.4. The van der Waals surface area contributed by atoms with Crippen LogP contribution < -0.4 is 5.32 Å². The van der Waals surface area contributed by atoms with E-state index >= 15 is 0 Å². The molecule has 2 rings (SSSR count). The van der Waals surface area contributed by atoms with Crippen LogP contribution >= 0.6 is 11.8 Å². The maximum Gasteiger partial charge on any atom is 0.338 e. The van der Waals surface area contributed by atoms with Crippen LogP contribution in [-0.4, -0.2) is 24.2 Å². The number of hydrogen-bond acceptors (Lipinski definition) is 4. The fraction of sp³-hybridized carbons (Fsp3) is 0.263. The van der Waals surface area contributed by atoms with Gasteiger partial charge in [0.2, 0.25) is 5.91 Å². The third-order valence-corrected chi connectivity index (χ3v) is 4.27. The Balaban J connectivity index is 1.78. The number of rotatable bonds is 7. The molecule has 0 aliphatic heterocycles. The van der Waals surface area contributed by atoms with Gasteiger partial charge in [-0.05, 0) is 43.7 Å². The molecule has 0 aliphatic rings. The van der Waals surface area contributed by atoms with Gasteiger partial charge in [0.25, 0.3) is 0 Å². The Morgan fingerprint density at radius 1 is 1.12 bits per heavy atom. The molecular formula is C19H21NO3S. The minimum atomic E-state index is -0.357. The first-order valence-corrected chi connectivity index (χ1v) is 8.94. The summed E-state index contributed by atoms with van der Waals surface area (Å²) in [5, 5.41) is 2.83. The Bertz CT molecular complexity index is 698. The zero-order valence-corrected chi connectivity index (χ0v) is 14.7. The average Bonchev–Trinajstić information content (AvgIpc) is 2.56. The van der Waals surface area contributed by atoms with Gasteiger partial charge in [-0.15, -0.1) is 11.8 Å². The van der Waals surface area contributed by atoms with Gasteiger partial charge in [-0.2, -0.15) is 0 Å². The molecule has 0 aliphatic carbocycles. The van der Waals surface area contributed by atoms with E-state index in [-0.39, 0.29) is 11.9 Å². The summed E-state index contributed by atoms with van der Waals surface area (Å²) >= 11 is 1.57. The third kappa shape index (κ3) is 5.74. The predicted molar refractivity (Wildman–Crippen MR) is 98.4 cm³/mol. The highest BCUT2D eigenvalue weighted by Crippen LogP contribution is 2.15. The lowest BCUT2D eigenvalue weighted by atomic mass is 10.2. The number of aryl methyl sites for hydroxylation is 1. The summed E-state index contributed by atoms with van der Waals surface area (Å²) in [6, 6.07) is 15.0. The monoisotopic (exact) mass is 343 g/mol. The maximum atomic E-state index is 12.0. The van der Waals surface area contributed by atoms with Gasteiger partial charge in [-0.3, -0.25) is 4.79 Å². The molecule has 0 atom stereocenters. The Kier molecular flexibility index (Phi) is 6.88. The summed E-state index contributed by atoms with van der Waals surface area (Å²) in [6.07, 6.45) is 0. The van der Waals surface area contributed by atoms with E-state index < -0.39 is 0 Å². The van der Waals surface area contributed by atoms with Gasteiger partial charge in [0.1, 0.15) is 0 Å². The zero-order valence-electron chi connectivity index (χ0n) is 13.9. The normalized spacial score (nSPS) is 10.2. The summed E-state index contributed by atoms with van der Waals surface area (Å²) < 4.78 is 4.92. The summed E-state index contributed by atoms with van der Waals surface area (Å²) in [7, 11) is 0. The molecule has 0 saturated heterocycles. The summed E-state index contributed by atoms with van der Waals surface area (Å²) in [5.74, 6) is 0.769. The van der Waals surface area contributed by atoms with Gasteiger partial charge in [0, 0.05) is 11.4 Å². The van der Waals surface area contributed by atoms with Crippen molar-refractivity contribution in [3.05, 3.63) is 65.2 Å². The Hall–Kier alpha value is -2.27. The number of benzene rings is 2. The van der Waals surface area contributed by atoms with Crippen LogP contribution in [0.2, 0.25) is 0 Å². The molecule has 5 heteroatoms. The minimum absolute atomic E-state index is 0.0588. The van der Waals surface area contributed by atoms with Crippen molar-refractivity contribution in [2.75, 3.05) is 17.7 Å². The lowest BCUT2D eigenvalue weighted by Gasteiger charge is -2.07. The molecule has 0 saturated carbocycles. The Morgan fingerprint density at radius 2 is 1.88 bits per heavy atom. The van der Waals surface area contributed by atoms with Crippen molar-refractivity contribution < 1.29 is 14.3 Å². The molecule has 0 radical (unpaired) electrons. The second-order valence-electron chi connectivity index (χ2n) is 5.33. The van der Waals surface area contributed by atoms with Gasteiger partial charge in [-0.25, -0.2) is 4.79 Å². The van der Waals surface area contributed by atoms with Crippen molar-refractivity contribution >= 4 is 29.3 Å². The molecule has 0 fully saturated rings. The Morgan fingerprint density at radius 3 is 2.54 bits per heavy atom. The number of ether oxygens (including phenoxy) is 1. The van der Waals surface area contributed by atoms with E-state index in [1.165, 1.54) is 11.1 Å². The molecular weight excluding hydrogens is 322 g/mol. The lowest BCUT2D eigenvalue weighted by molar-refractivity contribution is -0.113. The smallest absolute Gasteiger partial charge is 0.338 e. The van der Waals surface area contributed by atoms with Crippen LogP contribution in [0, 0.1) is 6.92 Å². The Labute approximate surface area is 146 Å². The highest BCUT2D eigenvalue weighted by molar-refractivity contribution is 7.99. The molecule has 2 aromatic rings. The lowest BCUT2D eigenvalue weighted by Crippen LogP contribution is -2.14. The summed E-state index contributed by atoms with van der Waals surface area (Å²) in [4.78, 5) is 23.5. The second kappa shape index (κ2) is 9.13. The van der Waals surface area contributed by atoms with Crippen molar-refractivity contribution in [3.8, 4) is 0 Å². The molecule has 0 heterocycles. The summed E-state index contributed by atoms with van der Waals surface area (Å²) in [5.41, 5.74) is 3.58. The number of carbonyl (C=O) groups excluding carboxylic acids is 2. The number of nitrogens with one attached hydrogen (secondary N) is 1. The summed E-state index contributed by atoms with van der Waals surface area (Å²) in [6.45, 7) is 4.16. The van der Waals surface area contributed by atoms with E-state index in [9.17, 15) is 9.59 Å². The molecule has 126 valence electrons. The van der Waals surface area contributed by atoms with Crippen LogP contribution in [0.3, 0.4) is 0 Å². The maximum absolute atomic E-state index is 12.0. The second-order valence-corrected chi connectivity index (χ2v) is 6.31. The van der Waals surface area contributed by atoms with Crippen LogP contribution in [0.4, 0.5) is 5.69 Å². The van der Waals surface area contributed by atoms with Gasteiger partial charge in [0.05, 0.1) is 17.9 Å². The number of hydrogen-bond donors (Lipinski definition) is 1. The van der Waals surface area contributed by atoms with E-state index in [4.69, 9.17) is 4.74 Å². The van der Waals surface area contributed by atoms with E-state index in [0.717, 1.165) is 5.75 Å². The molecule has 0 aromatic heterocycles. The minimum Gasteiger partial charge on any atom is -0.462 e. The standard InChI is InChI=1S/C19H21NO3S/c1-3-23-19(22)16-7-9-17(10-8-16)20-18(21)13-24-12-15-6-4-5-14(2)11-15/h4-11H,3,12-13H2,1-2H3,(H,20,21). The number of anilines is 1. The van der Waals surface area contributed by atoms with Crippen molar-refractivity contribution in [1.82, 2.24) is 0 Å². The van der Waals surface area contributed by atoms with Gasteiger partial charge < -0.3 is 10.1 Å². The molecule has 1 amide bonds. The van der Waals surface area contributed by atoms with Crippen molar-refractivity contribution in [2.24, 2.45) is 0 Å². The van der Waals surface area contributed by atoms with Crippen LogP contribution in [0.5, 0.6) is 0 Å². The van der Waals surface area contributed by atoms with Crippen molar-refractivity contribution in [1.29, 1.82) is 0 Å². The molecule has 0 bridgehead atoms. The topological polar surface area (TPSA) is 55.4 Å². The van der Waals surface area contributed by atoms with E-state index in [2.05, 4.69) is 30.4 Å². The van der Waals surface area contributed by atoms with E-state index in [0.29, 0.717) is 23.6 Å². The average molecular weight is 343 g/mol. The third-order valence-electron chi connectivity index (χ3n) is 3.26. The first-order chi connectivity index (χ1) is 11.6. The van der Waals surface area contributed by atoms with E-state index in [1.54, 1.807) is 43.0 Å². The fourth-order valence-electron chi connectivity index (χ4n) is 2.16. The molecule has 2 aromatic carbocycles. The number of carbonyl (C=O) groups is 2. The number of amides is 1. The molecule has 0 spiro atoms. The van der Waals surface area contributed by atoms with Crippen molar-refractivity contribution in [3.63, 3.8) is 0 Å². The van der Waals surface area contributed by atoms with Crippen LogP contribution in [0.1, 0.15) is 28.4 Å². The predicted octanol–water partition coefficient (Wildman–Crippen LogP) is 4.04. The highest BCUT2D eigenvalue weighted by atomic mass is 32.2. The van der Waals surface area contributed by atoms with Gasteiger partial charge in [-0.1, -0.05) is 29.8 Å². The van der Waals surface area contributed by atoms with Crippen LogP contribution in [0.25, 0.3) is 0 Å².